The molecule has 0 fully saturated rings. The number of aromatic nitrogens is 1. The van der Waals surface area contributed by atoms with Crippen molar-refractivity contribution in [3.8, 4) is 17.1 Å². The molecule has 0 amide bonds. The Labute approximate surface area is 136 Å². The van der Waals surface area contributed by atoms with Crippen LogP contribution in [-0.2, 0) is 16.6 Å². The van der Waals surface area contributed by atoms with Crippen molar-refractivity contribution in [1.29, 1.82) is 0 Å². The van der Waals surface area contributed by atoms with Crippen LogP contribution in [0, 0.1) is 5.82 Å². The van der Waals surface area contributed by atoms with Crippen molar-refractivity contribution in [3.05, 3.63) is 60.0 Å². The highest BCUT2D eigenvalue weighted by Crippen LogP contribution is 2.38. The smallest absolute Gasteiger partial charge is 0.261 e. The van der Waals surface area contributed by atoms with E-state index in [9.17, 15) is 12.8 Å². The van der Waals surface area contributed by atoms with Crippen LogP contribution in [0.25, 0.3) is 11.3 Å². The lowest BCUT2D eigenvalue weighted by atomic mass is 10.1. The van der Waals surface area contributed by atoms with Crippen LogP contribution in [0.15, 0.2) is 58.1 Å². The molecule has 1 aliphatic rings. The van der Waals surface area contributed by atoms with E-state index in [4.69, 9.17) is 9.26 Å². The Morgan fingerprint density at radius 1 is 1.17 bits per heavy atom. The number of rotatable bonds is 3. The summed E-state index contributed by atoms with van der Waals surface area (Å²) in [4.78, 5) is 0.0124. The van der Waals surface area contributed by atoms with Gasteiger partial charge in [0.25, 0.3) is 10.0 Å². The maximum Gasteiger partial charge on any atom is 0.261 e. The van der Waals surface area contributed by atoms with E-state index in [1.807, 2.05) is 0 Å². The van der Waals surface area contributed by atoms with Crippen LogP contribution >= 0.6 is 0 Å². The second kappa shape index (κ2) is 5.34. The Hall–Kier alpha value is -2.87. The number of benzene rings is 2. The van der Waals surface area contributed by atoms with Crippen molar-refractivity contribution in [1.82, 2.24) is 5.16 Å². The molecule has 8 heteroatoms. The van der Waals surface area contributed by atoms with Crippen molar-refractivity contribution < 1.29 is 22.1 Å². The van der Waals surface area contributed by atoms with Gasteiger partial charge in [-0.25, -0.2) is 12.8 Å². The van der Waals surface area contributed by atoms with Crippen molar-refractivity contribution >= 4 is 15.7 Å². The summed E-state index contributed by atoms with van der Waals surface area (Å²) in [6.07, 6.45) is 1.53. The summed E-state index contributed by atoms with van der Waals surface area (Å²) in [5.74, 6) is 0.475. The molecule has 2 heterocycles. The molecule has 0 atom stereocenters. The standard InChI is InChI=1S/C16H11FN2O4S/c17-11-2-1-3-12(6-11)19-24(20,21)13-4-5-15-14(7-13)16-10(9-22-15)8-18-23-16/h1-8,19H,9H2. The van der Waals surface area contributed by atoms with E-state index in [0.29, 0.717) is 23.7 Å². The highest BCUT2D eigenvalue weighted by molar-refractivity contribution is 7.92. The zero-order valence-electron chi connectivity index (χ0n) is 12.2. The van der Waals surface area contributed by atoms with E-state index >= 15 is 0 Å². The lowest BCUT2D eigenvalue weighted by Crippen LogP contribution is -2.14. The number of anilines is 1. The molecule has 0 bridgehead atoms. The van der Waals surface area contributed by atoms with Gasteiger partial charge in [0.05, 0.1) is 27.9 Å². The third kappa shape index (κ3) is 2.50. The van der Waals surface area contributed by atoms with Gasteiger partial charge in [-0.15, -0.1) is 0 Å². The number of hydrogen-bond donors (Lipinski definition) is 1. The quantitative estimate of drug-likeness (QED) is 0.788. The Morgan fingerprint density at radius 2 is 2.04 bits per heavy atom. The minimum Gasteiger partial charge on any atom is -0.488 e. The Morgan fingerprint density at radius 3 is 2.88 bits per heavy atom. The van der Waals surface area contributed by atoms with Gasteiger partial charge in [0.1, 0.15) is 18.2 Å². The fourth-order valence-electron chi connectivity index (χ4n) is 2.49. The molecule has 1 aromatic heterocycles. The summed E-state index contributed by atoms with van der Waals surface area (Å²) in [5, 5.41) is 3.71. The molecule has 3 aromatic rings. The number of nitrogens with one attached hydrogen (secondary N) is 1. The van der Waals surface area contributed by atoms with Gasteiger partial charge in [0.2, 0.25) is 0 Å². The van der Waals surface area contributed by atoms with Crippen molar-refractivity contribution in [2.75, 3.05) is 4.72 Å². The number of sulfonamides is 1. The summed E-state index contributed by atoms with van der Waals surface area (Å²) in [6, 6.07) is 9.65. The summed E-state index contributed by atoms with van der Waals surface area (Å²) in [5.41, 5.74) is 1.40. The van der Waals surface area contributed by atoms with Gasteiger partial charge in [-0.1, -0.05) is 11.2 Å². The molecule has 2 aromatic carbocycles. The average molecular weight is 346 g/mol. The first-order valence-electron chi connectivity index (χ1n) is 7.02. The first kappa shape index (κ1) is 14.7. The van der Waals surface area contributed by atoms with Crippen LogP contribution < -0.4 is 9.46 Å². The number of hydrogen-bond acceptors (Lipinski definition) is 5. The minimum absolute atomic E-state index is 0.0124. The van der Waals surface area contributed by atoms with Crippen LogP contribution in [-0.4, -0.2) is 13.6 Å². The van der Waals surface area contributed by atoms with E-state index in [2.05, 4.69) is 9.88 Å². The zero-order chi connectivity index (χ0) is 16.7. The molecule has 0 radical (unpaired) electrons. The van der Waals surface area contributed by atoms with Crippen LogP contribution in [0.5, 0.6) is 5.75 Å². The highest BCUT2D eigenvalue weighted by atomic mass is 32.2. The second-order valence-electron chi connectivity index (χ2n) is 5.24. The fourth-order valence-corrected chi connectivity index (χ4v) is 3.56. The predicted molar refractivity (Wildman–Crippen MR) is 83.5 cm³/mol. The van der Waals surface area contributed by atoms with E-state index < -0.39 is 15.8 Å². The van der Waals surface area contributed by atoms with Gasteiger partial charge in [-0.2, -0.15) is 0 Å². The number of halogens is 1. The third-order valence-electron chi connectivity index (χ3n) is 3.61. The molecule has 1 N–H and O–H groups in total. The van der Waals surface area contributed by atoms with E-state index in [1.54, 1.807) is 6.07 Å². The average Bonchev–Trinajstić information content (AvgIpc) is 3.03. The molecule has 0 saturated carbocycles. The Kier molecular flexibility index (Phi) is 3.27. The Balaban J connectivity index is 1.74. The summed E-state index contributed by atoms with van der Waals surface area (Å²) >= 11 is 0. The minimum atomic E-state index is -3.88. The molecule has 4 rings (SSSR count). The lowest BCUT2D eigenvalue weighted by Gasteiger charge is -2.17. The number of nitrogens with zero attached hydrogens (tertiary/aromatic N) is 1. The largest absolute Gasteiger partial charge is 0.488 e. The van der Waals surface area contributed by atoms with Crippen LogP contribution in [0.2, 0.25) is 0 Å². The Bertz CT molecular complexity index is 1030. The highest BCUT2D eigenvalue weighted by Gasteiger charge is 2.24. The molecule has 0 unspecified atom stereocenters. The molecule has 122 valence electrons. The SMILES string of the molecule is O=S(=O)(Nc1cccc(F)c1)c1ccc2c(c1)-c1oncc1CO2. The topological polar surface area (TPSA) is 81.4 Å². The fraction of sp³-hybridized carbons (Fsp3) is 0.0625. The third-order valence-corrected chi connectivity index (χ3v) is 4.99. The molecule has 24 heavy (non-hydrogen) atoms. The maximum atomic E-state index is 13.2. The van der Waals surface area contributed by atoms with E-state index in [0.717, 1.165) is 11.6 Å². The molecular weight excluding hydrogens is 335 g/mol. The van der Waals surface area contributed by atoms with Crippen molar-refractivity contribution in [2.24, 2.45) is 0 Å². The van der Waals surface area contributed by atoms with E-state index in [-0.39, 0.29) is 10.6 Å². The molecule has 0 aliphatic carbocycles. The van der Waals surface area contributed by atoms with Gasteiger partial charge in [0.15, 0.2) is 5.76 Å². The van der Waals surface area contributed by atoms with Gasteiger partial charge < -0.3 is 9.26 Å². The summed E-state index contributed by atoms with van der Waals surface area (Å²) in [6.45, 7) is 0.319. The normalized spacial score (nSPS) is 12.9. The molecular formula is C16H11FN2O4S. The van der Waals surface area contributed by atoms with Gasteiger partial charge >= 0.3 is 0 Å². The van der Waals surface area contributed by atoms with E-state index in [1.165, 1.54) is 36.5 Å². The van der Waals surface area contributed by atoms with Gasteiger partial charge in [-0.05, 0) is 36.4 Å². The first-order chi connectivity index (χ1) is 11.5. The summed E-state index contributed by atoms with van der Waals surface area (Å²) in [7, 11) is -3.88. The summed E-state index contributed by atoms with van der Waals surface area (Å²) < 4.78 is 51.4. The monoisotopic (exact) mass is 346 g/mol. The number of ether oxygens (including phenoxy) is 1. The van der Waals surface area contributed by atoms with Crippen LogP contribution in [0.3, 0.4) is 0 Å². The molecule has 0 saturated heterocycles. The van der Waals surface area contributed by atoms with Crippen molar-refractivity contribution in [2.45, 2.75) is 11.5 Å². The first-order valence-corrected chi connectivity index (χ1v) is 8.50. The van der Waals surface area contributed by atoms with Gasteiger partial charge in [0, 0.05) is 0 Å². The molecule has 0 spiro atoms. The zero-order valence-corrected chi connectivity index (χ0v) is 13.0. The molecule has 1 aliphatic heterocycles. The maximum absolute atomic E-state index is 13.2. The second-order valence-corrected chi connectivity index (χ2v) is 6.93. The number of fused-ring (bicyclic) bond motifs is 3. The lowest BCUT2D eigenvalue weighted by molar-refractivity contribution is 0.297. The van der Waals surface area contributed by atoms with Crippen LogP contribution in [0.4, 0.5) is 10.1 Å². The predicted octanol–water partition coefficient (Wildman–Crippen LogP) is 3.17. The van der Waals surface area contributed by atoms with Gasteiger partial charge in [-0.3, -0.25) is 4.72 Å². The van der Waals surface area contributed by atoms with Crippen LogP contribution in [0.1, 0.15) is 5.56 Å². The van der Waals surface area contributed by atoms with Crippen molar-refractivity contribution in [3.63, 3.8) is 0 Å². The molecule has 6 nitrogen and oxygen atoms in total.